The van der Waals surface area contributed by atoms with Gasteiger partial charge in [-0.1, -0.05) is 24.6 Å². The van der Waals surface area contributed by atoms with Crippen molar-refractivity contribution in [3.05, 3.63) is 62.8 Å². The largest absolute Gasteiger partial charge is 0.416 e. The van der Waals surface area contributed by atoms with E-state index in [2.05, 4.69) is 15.4 Å². The summed E-state index contributed by atoms with van der Waals surface area (Å²) < 4.78 is 41.4. The van der Waals surface area contributed by atoms with Gasteiger partial charge in [-0.05, 0) is 24.5 Å². The summed E-state index contributed by atoms with van der Waals surface area (Å²) in [5, 5.41) is 7.23. The number of thiazole rings is 1. The number of benzene rings is 1. The first-order chi connectivity index (χ1) is 14.8. The number of nitrogens with one attached hydrogen (secondary N) is 1. The van der Waals surface area contributed by atoms with Crippen molar-refractivity contribution >= 4 is 22.4 Å². The molecule has 1 amide bonds. The van der Waals surface area contributed by atoms with Gasteiger partial charge in [0.1, 0.15) is 12.4 Å². The normalized spacial score (nSPS) is 14.2. The van der Waals surface area contributed by atoms with Crippen LogP contribution in [0.3, 0.4) is 0 Å². The molecule has 3 aromatic rings. The minimum atomic E-state index is -4.40. The lowest BCUT2D eigenvalue weighted by Crippen LogP contribution is -2.30. The lowest BCUT2D eigenvalue weighted by Gasteiger charge is -2.07. The topological polar surface area (TPSA) is 81.8 Å². The first kappa shape index (κ1) is 21.3. The van der Waals surface area contributed by atoms with Crippen LogP contribution in [-0.4, -0.2) is 25.2 Å². The highest BCUT2D eigenvalue weighted by Crippen LogP contribution is 2.30. The van der Waals surface area contributed by atoms with Crippen LogP contribution in [0, 0.1) is 0 Å². The number of nitrogens with zero attached hydrogens (tertiary/aromatic N) is 4. The van der Waals surface area contributed by atoms with Crippen LogP contribution in [0.5, 0.6) is 0 Å². The van der Waals surface area contributed by atoms with E-state index >= 15 is 0 Å². The number of rotatable bonds is 5. The zero-order valence-electron chi connectivity index (χ0n) is 16.5. The van der Waals surface area contributed by atoms with E-state index in [1.807, 2.05) is 0 Å². The van der Waals surface area contributed by atoms with Crippen LogP contribution in [0.4, 0.5) is 18.3 Å². The highest BCUT2D eigenvalue weighted by molar-refractivity contribution is 7.15. The summed E-state index contributed by atoms with van der Waals surface area (Å²) in [6.07, 6.45) is 1.04. The molecule has 2 aromatic heterocycles. The van der Waals surface area contributed by atoms with E-state index in [0.29, 0.717) is 27.9 Å². The Hall–Kier alpha value is -2.95. The lowest BCUT2D eigenvalue weighted by molar-refractivity contribution is -0.137. The molecule has 3 heterocycles. The Morgan fingerprint density at radius 3 is 2.87 bits per heavy atom. The molecule has 1 aliphatic rings. The molecule has 1 aliphatic heterocycles. The Morgan fingerprint density at radius 1 is 1.23 bits per heavy atom. The predicted octanol–water partition coefficient (Wildman–Crippen LogP) is 3.48. The molecule has 0 aliphatic carbocycles. The van der Waals surface area contributed by atoms with Gasteiger partial charge in [-0.15, -0.1) is 11.3 Å². The smallest absolute Gasteiger partial charge is 0.300 e. The van der Waals surface area contributed by atoms with Gasteiger partial charge in [0.05, 0.1) is 5.56 Å². The van der Waals surface area contributed by atoms with Gasteiger partial charge in [0, 0.05) is 30.5 Å². The van der Waals surface area contributed by atoms with Crippen LogP contribution < -0.4 is 11.0 Å². The fourth-order valence-corrected chi connectivity index (χ4v) is 4.39. The SMILES string of the molecule is O=C(Cn1nc2n(c1=O)CCCCC2)Nc1ncc(Cc2cccc(C(F)(F)F)c2)s1. The van der Waals surface area contributed by atoms with Gasteiger partial charge in [-0.25, -0.2) is 14.5 Å². The van der Waals surface area contributed by atoms with E-state index in [1.165, 1.54) is 23.6 Å². The molecule has 4 rings (SSSR count). The molecule has 11 heteroatoms. The van der Waals surface area contributed by atoms with Crippen LogP contribution in [0.15, 0.2) is 35.3 Å². The van der Waals surface area contributed by atoms with Crippen LogP contribution in [0.25, 0.3) is 0 Å². The Labute approximate surface area is 179 Å². The van der Waals surface area contributed by atoms with Crippen molar-refractivity contribution in [3.63, 3.8) is 0 Å². The van der Waals surface area contributed by atoms with Gasteiger partial charge in [0.25, 0.3) is 0 Å². The van der Waals surface area contributed by atoms with Crippen molar-refractivity contribution in [2.45, 2.75) is 51.4 Å². The van der Waals surface area contributed by atoms with Gasteiger partial charge >= 0.3 is 11.9 Å². The summed E-state index contributed by atoms with van der Waals surface area (Å²) in [5.41, 5.74) is -0.495. The van der Waals surface area contributed by atoms with Gasteiger partial charge in [-0.3, -0.25) is 9.36 Å². The molecule has 0 bridgehead atoms. The Morgan fingerprint density at radius 2 is 2.06 bits per heavy atom. The first-order valence-corrected chi connectivity index (χ1v) is 10.7. The number of aryl methyl sites for hydroxylation is 1. The number of anilines is 1. The monoisotopic (exact) mass is 451 g/mol. The number of halogens is 3. The van der Waals surface area contributed by atoms with E-state index in [9.17, 15) is 22.8 Å². The second kappa shape index (κ2) is 8.66. The fraction of sp³-hybridized carbons (Fsp3) is 0.400. The third-order valence-corrected chi connectivity index (χ3v) is 5.92. The fourth-order valence-electron chi connectivity index (χ4n) is 3.53. The van der Waals surface area contributed by atoms with Crippen molar-refractivity contribution in [2.75, 3.05) is 5.32 Å². The van der Waals surface area contributed by atoms with Crippen LogP contribution >= 0.6 is 11.3 Å². The molecular weight excluding hydrogens is 431 g/mol. The van der Waals surface area contributed by atoms with E-state index in [0.717, 1.165) is 42.5 Å². The molecule has 164 valence electrons. The maximum atomic E-state index is 12.9. The molecule has 0 atom stereocenters. The molecule has 1 N–H and O–H groups in total. The van der Waals surface area contributed by atoms with Crippen LogP contribution in [0.2, 0.25) is 0 Å². The predicted molar refractivity (Wildman–Crippen MR) is 109 cm³/mol. The highest BCUT2D eigenvalue weighted by Gasteiger charge is 2.30. The second-order valence-electron chi connectivity index (χ2n) is 7.37. The van der Waals surface area contributed by atoms with Crippen molar-refractivity contribution in [1.82, 2.24) is 19.3 Å². The minimum absolute atomic E-state index is 0.221. The van der Waals surface area contributed by atoms with Crippen molar-refractivity contribution in [3.8, 4) is 0 Å². The number of hydrogen-bond acceptors (Lipinski definition) is 5. The zero-order valence-corrected chi connectivity index (χ0v) is 17.3. The maximum Gasteiger partial charge on any atom is 0.416 e. The quantitative estimate of drug-likeness (QED) is 0.644. The number of alkyl halides is 3. The Bertz CT molecular complexity index is 1150. The first-order valence-electron chi connectivity index (χ1n) is 9.87. The van der Waals surface area contributed by atoms with E-state index in [1.54, 1.807) is 10.6 Å². The van der Waals surface area contributed by atoms with E-state index in [4.69, 9.17) is 0 Å². The average Bonchev–Trinajstić information content (AvgIpc) is 3.16. The molecule has 7 nitrogen and oxygen atoms in total. The minimum Gasteiger partial charge on any atom is -0.300 e. The van der Waals surface area contributed by atoms with E-state index < -0.39 is 17.6 Å². The molecule has 0 spiro atoms. The molecule has 1 aromatic carbocycles. The molecule has 0 saturated carbocycles. The van der Waals surface area contributed by atoms with E-state index in [-0.39, 0.29) is 18.7 Å². The summed E-state index contributed by atoms with van der Waals surface area (Å²) in [6.45, 7) is 0.391. The van der Waals surface area contributed by atoms with Gasteiger partial charge in [0.15, 0.2) is 5.13 Å². The third-order valence-electron chi connectivity index (χ3n) is 5.01. The standard InChI is InChI=1S/C20H20F3N5O2S/c21-20(22,23)14-6-4-5-13(9-14)10-15-11-24-18(31-15)25-17(29)12-28-19(30)27-8-3-1-2-7-16(27)26-28/h4-6,9,11H,1-3,7-8,10,12H2,(H,24,25,29). The van der Waals surface area contributed by atoms with Crippen LogP contribution in [0.1, 0.15) is 41.1 Å². The number of carbonyl (C=O) groups excluding carboxylic acids is 1. The lowest BCUT2D eigenvalue weighted by atomic mass is 10.1. The highest BCUT2D eigenvalue weighted by atomic mass is 32.1. The number of amides is 1. The van der Waals surface area contributed by atoms with Gasteiger partial charge < -0.3 is 5.32 Å². The summed E-state index contributed by atoms with van der Waals surface area (Å²) in [7, 11) is 0. The average molecular weight is 451 g/mol. The van der Waals surface area contributed by atoms with Crippen molar-refractivity contribution in [2.24, 2.45) is 0 Å². The maximum absolute atomic E-state index is 12.9. The number of aromatic nitrogens is 4. The molecule has 0 radical (unpaired) electrons. The number of hydrogen-bond donors (Lipinski definition) is 1. The molecular formula is C20H20F3N5O2S. The second-order valence-corrected chi connectivity index (χ2v) is 8.49. The Balaban J connectivity index is 1.39. The molecule has 31 heavy (non-hydrogen) atoms. The van der Waals surface area contributed by atoms with Crippen molar-refractivity contribution < 1.29 is 18.0 Å². The van der Waals surface area contributed by atoms with Gasteiger partial charge in [-0.2, -0.15) is 18.3 Å². The summed E-state index contributed by atoms with van der Waals surface area (Å²) >= 11 is 1.18. The number of fused-ring (bicyclic) bond motifs is 1. The molecule has 0 saturated heterocycles. The summed E-state index contributed by atoms with van der Waals surface area (Å²) in [4.78, 5) is 29.6. The summed E-state index contributed by atoms with van der Waals surface area (Å²) in [5.74, 6) is 0.267. The zero-order chi connectivity index (χ0) is 22.0. The van der Waals surface area contributed by atoms with Crippen molar-refractivity contribution in [1.29, 1.82) is 0 Å². The third kappa shape index (κ3) is 5.04. The molecule has 0 fully saturated rings. The van der Waals surface area contributed by atoms with Gasteiger partial charge in [0.2, 0.25) is 5.91 Å². The number of carbonyl (C=O) groups is 1. The Kier molecular flexibility index (Phi) is 5.94. The summed E-state index contributed by atoms with van der Waals surface area (Å²) in [6, 6.07) is 5.11. The molecule has 0 unspecified atom stereocenters. The van der Waals surface area contributed by atoms with Crippen LogP contribution in [-0.2, 0) is 36.9 Å².